The molecule has 5 heteroatoms. The molecule has 1 rings (SSSR count). The Labute approximate surface area is 106 Å². The molecule has 0 aromatic carbocycles. The van der Waals surface area contributed by atoms with Crippen molar-refractivity contribution in [3.8, 4) is 6.07 Å². The van der Waals surface area contributed by atoms with Crippen LogP contribution in [0.4, 0.5) is 0 Å². The van der Waals surface area contributed by atoms with E-state index < -0.39 is 17.4 Å². The van der Waals surface area contributed by atoms with Gasteiger partial charge in [0, 0.05) is 11.1 Å². The molecule has 18 heavy (non-hydrogen) atoms. The Balaban J connectivity index is 2.84. The Morgan fingerprint density at radius 1 is 1.17 bits per heavy atom. The van der Waals surface area contributed by atoms with Gasteiger partial charge in [0.05, 0.1) is 6.07 Å². The lowest BCUT2D eigenvalue weighted by Crippen LogP contribution is -2.49. The summed E-state index contributed by atoms with van der Waals surface area (Å²) in [5.41, 5.74) is -0.658. The van der Waals surface area contributed by atoms with Gasteiger partial charge in [-0.1, -0.05) is 19.3 Å². The molecule has 0 atom stereocenters. The van der Waals surface area contributed by atoms with E-state index >= 15 is 0 Å². The molecule has 0 aliphatic heterocycles. The fraction of sp³-hybridized carbons (Fsp3) is 0.615. The van der Waals surface area contributed by atoms with Crippen molar-refractivity contribution < 1.29 is 14.7 Å². The molecule has 0 unspecified atom stereocenters. The van der Waals surface area contributed by atoms with Gasteiger partial charge in [-0.3, -0.25) is 4.79 Å². The summed E-state index contributed by atoms with van der Waals surface area (Å²) in [5, 5.41) is 20.7. The van der Waals surface area contributed by atoms with E-state index in [9.17, 15) is 14.9 Å². The van der Waals surface area contributed by atoms with Crippen molar-refractivity contribution >= 4 is 11.9 Å². The minimum atomic E-state index is -1.11. The summed E-state index contributed by atoms with van der Waals surface area (Å²) in [7, 11) is 0. The second-order valence-electron chi connectivity index (χ2n) is 4.76. The van der Waals surface area contributed by atoms with Gasteiger partial charge in [-0.2, -0.15) is 5.26 Å². The van der Waals surface area contributed by atoms with Crippen molar-refractivity contribution in [2.75, 3.05) is 0 Å². The normalized spacial score (nSPS) is 19.4. The standard InChI is InChI=1S/C13H18N2O3/c1-9(10(2)12(17)18)11(16)15-13(8-14)6-4-3-5-7-13/h3-7H2,1-2H3,(H,15,16)(H,17,18)/b10-9-. The van der Waals surface area contributed by atoms with Crippen LogP contribution in [-0.2, 0) is 9.59 Å². The molecule has 0 heterocycles. The number of aliphatic carboxylic acids is 1. The zero-order chi connectivity index (χ0) is 13.8. The first kappa shape index (κ1) is 14.2. The second-order valence-corrected chi connectivity index (χ2v) is 4.76. The van der Waals surface area contributed by atoms with E-state index in [1.807, 2.05) is 0 Å². The SMILES string of the molecule is C/C(C(=O)O)=C(\C)C(=O)NC1(C#N)CCCCC1. The molecule has 1 fully saturated rings. The largest absolute Gasteiger partial charge is 0.478 e. The molecular weight excluding hydrogens is 232 g/mol. The maximum absolute atomic E-state index is 11.9. The van der Waals surface area contributed by atoms with Crippen LogP contribution in [0.5, 0.6) is 0 Å². The van der Waals surface area contributed by atoms with Gasteiger partial charge in [0.1, 0.15) is 5.54 Å². The van der Waals surface area contributed by atoms with Gasteiger partial charge in [-0.25, -0.2) is 4.79 Å². The minimum absolute atomic E-state index is 0.0106. The molecule has 1 amide bonds. The summed E-state index contributed by atoms with van der Waals surface area (Å²) in [4.78, 5) is 22.7. The molecule has 5 nitrogen and oxygen atoms in total. The lowest BCUT2D eigenvalue weighted by molar-refractivity contribution is -0.133. The Morgan fingerprint density at radius 3 is 2.17 bits per heavy atom. The fourth-order valence-electron chi connectivity index (χ4n) is 2.06. The van der Waals surface area contributed by atoms with Gasteiger partial charge >= 0.3 is 5.97 Å². The van der Waals surface area contributed by atoms with Crippen LogP contribution < -0.4 is 5.32 Å². The number of carbonyl (C=O) groups excluding carboxylic acids is 1. The van der Waals surface area contributed by atoms with Gasteiger partial charge in [0.15, 0.2) is 0 Å². The average molecular weight is 250 g/mol. The zero-order valence-corrected chi connectivity index (χ0v) is 10.7. The summed E-state index contributed by atoms with van der Waals surface area (Å²) in [5.74, 6) is -1.57. The molecule has 0 bridgehead atoms. The number of nitriles is 1. The third-order valence-corrected chi connectivity index (χ3v) is 3.50. The first-order valence-electron chi connectivity index (χ1n) is 6.06. The lowest BCUT2D eigenvalue weighted by atomic mass is 9.82. The molecule has 1 aliphatic rings. The van der Waals surface area contributed by atoms with E-state index in [1.54, 1.807) is 0 Å². The van der Waals surface area contributed by atoms with E-state index in [-0.39, 0.29) is 11.1 Å². The highest BCUT2D eigenvalue weighted by Gasteiger charge is 2.34. The molecule has 98 valence electrons. The van der Waals surface area contributed by atoms with Crippen molar-refractivity contribution in [1.82, 2.24) is 5.32 Å². The number of carboxylic acids is 1. The molecule has 1 saturated carbocycles. The number of hydrogen-bond donors (Lipinski definition) is 2. The van der Waals surface area contributed by atoms with E-state index in [1.165, 1.54) is 13.8 Å². The summed E-state index contributed by atoms with van der Waals surface area (Å²) < 4.78 is 0. The third kappa shape index (κ3) is 3.10. The molecule has 0 spiro atoms. The van der Waals surface area contributed by atoms with E-state index in [2.05, 4.69) is 11.4 Å². The highest BCUT2D eigenvalue weighted by atomic mass is 16.4. The molecule has 2 N–H and O–H groups in total. The van der Waals surface area contributed by atoms with Crippen LogP contribution in [0, 0.1) is 11.3 Å². The maximum Gasteiger partial charge on any atom is 0.331 e. The first-order valence-corrected chi connectivity index (χ1v) is 6.06. The molecule has 0 radical (unpaired) electrons. The number of hydrogen-bond acceptors (Lipinski definition) is 3. The van der Waals surface area contributed by atoms with Gasteiger partial charge in [-0.15, -0.1) is 0 Å². The van der Waals surface area contributed by atoms with E-state index in [0.717, 1.165) is 19.3 Å². The van der Waals surface area contributed by atoms with Crippen molar-refractivity contribution in [2.45, 2.75) is 51.5 Å². The van der Waals surface area contributed by atoms with Gasteiger partial charge in [0.2, 0.25) is 5.91 Å². The van der Waals surface area contributed by atoms with Crippen molar-refractivity contribution in [3.63, 3.8) is 0 Å². The quantitative estimate of drug-likeness (QED) is 0.746. The van der Waals surface area contributed by atoms with Crippen LogP contribution in [0.3, 0.4) is 0 Å². The molecule has 1 aliphatic carbocycles. The number of carboxylic acid groups (broad SMARTS) is 1. The van der Waals surface area contributed by atoms with Crippen LogP contribution in [0.1, 0.15) is 46.0 Å². The average Bonchev–Trinajstić information content (AvgIpc) is 2.37. The Kier molecular flexibility index (Phi) is 4.49. The Morgan fingerprint density at radius 2 is 1.72 bits per heavy atom. The van der Waals surface area contributed by atoms with Crippen LogP contribution >= 0.6 is 0 Å². The number of nitrogens with zero attached hydrogens (tertiary/aromatic N) is 1. The van der Waals surface area contributed by atoms with Crippen LogP contribution in [0.25, 0.3) is 0 Å². The van der Waals surface area contributed by atoms with E-state index in [0.29, 0.717) is 12.8 Å². The summed E-state index contributed by atoms with van der Waals surface area (Å²) in [6.45, 7) is 2.85. The van der Waals surface area contributed by atoms with Gasteiger partial charge in [0.25, 0.3) is 0 Å². The highest BCUT2D eigenvalue weighted by molar-refractivity contribution is 6.01. The summed E-state index contributed by atoms with van der Waals surface area (Å²) >= 11 is 0. The maximum atomic E-state index is 11.9. The van der Waals surface area contributed by atoms with Gasteiger partial charge in [-0.05, 0) is 26.7 Å². The van der Waals surface area contributed by atoms with Crippen molar-refractivity contribution in [3.05, 3.63) is 11.1 Å². The van der Waals surface area contributed by atoms with Crippen molar-refractivity contribution in [1.29, 1.82) is 5.26 Å². The smallest absolute Gasteiger partial charge is 0.331 e. The number of rotatable bonds is 3. The summed E-state index contributed by atoms with van der Waals surface area (Å²) in [6.07, 6.45) is 4.16. The monoisotopic (exact) mass is 250 g/mol. The minimum Gasteiger partial charge on any atom is -0.478 e. The lowest BCUT2D eigenvalue weighted by Gasteiger charge is -2.31. The van der Waals surface area contributed by atoms with Crippen molar-refractivity contribution in [2.24, 2.45) is 0 Å². The van der Waals surface area contributed by atoms with Gasteiger partial charge < -0.3 is 10.4 Å². The van der Waals surface area contributed by atoms with E-state index in [4.69, 9.17) is 5.11 Å². The first-order chi connectivity index (χ1) is 8.42. The highest BCUT2D eigenvalue weighted by Crippen LogP contribution is 2.27. The predicted octanol–water partition coefficient (Wildman–Crippen LogP) is 1.75. The number of nitrogens with one attached hydrogen (secondary N) is 1. The zero-order valence-electron chi connectivity index (χ0n) is 10.7. The second kappa shape index (κ2) is 5.67. The van der Waals surface area contributed by atoms with Crippen LogP contribution in [-0.4, -0.2) is 22.5 Å². The number of carbonyl (C=O) groups is 2. The Hall–Kier alpha value is -1.83. The molecule has 0 aromatic rings. The predicted molar refractivity (Wildman–Crippen MR) is 65.6 cm³/mol. The number of amides is 1. The topological polar surface area (TPSA) is 90.2 Å². The fourth-order valence-corrected chi connectivity index (χ4v) is 2.06. The Bertz CT molecular complexity index is 426. The summed E-state index contributed by atoms with van der Waals surface area (Å²) in [6, 6.07) is 2.17. The molecule has 0 aromatic heterocycles. The van der Waals surface area contributed by atoms with Crippen LogP contribution in [0.15, 0.2) is 11.1 Å². The van der Waals surface area contributed by atoms with Crippen LogP contribution in [0.2, 0.25) is 0 Å². The third-order valence-electron chi connectivity index (χ3n) is 3.50. The molecular formula is C13H18N2O3. The molecule has 0 saturated heterocycles.